The van der Waals surface area contributed by atoms with Crippen LogP contribution in [0.5, 0.6) is 0 Å². The van der Waals surface area contributed by atoms with Gasteiger partial charge in [0, 0.05) is 5.56 Å². The smallest absolute Gasteiger partial charge is 0.418 e. The number of rotatable bonds is 2. The second kappa shape index (κ2) is 4.93. The maximum Gasteiger partial charge on any atom is 0.418 e. The minimum Gasteiger partial charge on any atom is -0.508 e. The van der Waals surface area contributed by atoms with E-state index in [1.807, 2.05) is 12.1 Å². The molecule has 100 valence electrons. The van der Waals surface area contributed by atoms with Crippen LogP contribution in [0.4, 0.5) is 13.2 Å². The number of benzene rings is 2. The van der Waals surface area contributed by atoms with Gasteiger partial charge in [0.15, 0.2) is 6.10 Å². The van der Waals surface area contributed by atoms with Crippen LogP contribution in [0.3, 0.4) is 0 Å². The SMILES string of the molecule is OC(=CC(O)C(F)(F)F)c1ccc2ccccc2c1. The molecule has 0 heterocycles. The van der Waals surface area contributed by atoms with E-state index in [4.69, 9.17) is 5.11 Å². The molecule has 2 rings (SSSR count). The van der Waals surface area contributed by atoms with Crippen molar-refractivity contribution in [1.29, 1.82) is 0 Å². The van der Waals surface area contributed by atoms with Gasteiger partial charge in [0.1, 0.15) is 5.76 Å². The van der Waals surface area contributed by atoms with Gasteiger partial charge in [-0.05, 0) is 22.9 Å². The number of alkyl halides is 3. The summed E-state index contributed by atoms with van der Waals surface area (Å²) in [5.41, 5.74) is 0.224. The molecule has 0 aromatic heterocycles. The first-order chi connectivity index (χ1) is 8.88. The van der Waals surface area contributed by atoms with Crippen LogP contribution in [-0.4, -0.2) is 22.5 Å². The van der Waals surface area contributed by atoms with Crippen LogP contribution >= 0.6 is 0 Å². The number of halogens is 3. The van der Waals surface area contributed by atoms with E-state index in [1.54, 1.807) is 24.3 Å². The lowest BCUT2D eigenvalue weighted by atomic mass is 10.1. The molecule has 0 saturated carbocycles. The van der Waals surface area contributed by atoms with Crippen molar-refractivity contribution in [2.24, 2.45) is 0 Å². The minimum atomic E-state index is -4.79. The molecule has 0 aliphatic rings. The van der Waals surface area contributed by atoms with Gasteiger partial charge in [-0.15, -0.1) is 0 Å². The summed E-state index contributed by atoms with van der Waals surface area (Å²) >= 11 is 0. The summed E-state index contributed by atoms with van der Waals surface area (Å²) in [4.78, 5) is 0. The summed E-state index contributed by atoms with van der Waals surface area (Å²) in [6.45, 7) is 0. The maximum absolute atomic E-state index is 12.2. The molecule has 0 spiro atoms. The van der Waals surface area contributed by atoms with Gasteiger partial charge in [-0.1, -0.05) is 36.4 Å². The zero-order valence-corrected chi connectivity index (χ0v) is 9.72. The van der Waals surface area contributed by atoms with Crippen LogP contribution in [0.15, 0.2) is 48.5 Å². The van der Waals surface area contributed by atoms with Gasteiger partial charge in [-0.25, -0.2) is 0 Å². The number of aliphatic hydroxyl groups is 2. The first-order valence-corrected chi connectivity index (χ1v) is 5.52. The monoisotopic (exact) mass is 268 g/mol. The fourth-order valence-electron chi connectivity index (χ4n) is 1.69. The summed E-state index contributed by atoms with van der Waals surface area (Å²) in [5, 5.41) is 20.2. The van der Waals surface area contributed by atoms with E-state index in [0.717, 1.165) is 10.8 Å². The van der Waals surface area contributed by atoms with Gasteiger partial charge in [0.05, 0.1) is 0 Å². The highest BCUT2D eigenvalue weighted by Crippen LogP contribution is 2.25. The van der Waals surface area contributed by atoms with Crippen molar-refractivity contribution in [2.45, 2.75) is 12.3 Å². The average Bonchev–Trinajstić information content (AvgIpc) is 2.37. The van der Waals surface area contributed by atoms with Gasteiger partial charge in [0.25, 0.3) is 0 Å². The Morgan fingerprint density at radius 1 is 1.05 bits per heavy atom. The van der Waals surface area contributed by atoms with E-state index >= 15 is 0 Å². The molecule has 0 aliphatic carbocycles. The summed E-state index contributed by atoms with van der Waals surface area (Å²) in [6.07, 6.45) is -7.09. The van der Waals surface area contributed by atoms with Crippen molar-refractivity contribution in [3.05, 3.63) is 54.1 Å². The van der Waals surface area contributed by atoms with Crippen LogP contribution in [0.1, 0.15) is 5.56 Å². The molecular weight excluding hydrogens is 257 g/mol. The van der Waals surface area contributed by atoms with Crippen molar-refractivity contribution >= 4 is 16.5 Å². The average molecular weight is 268 g/mol. The third kappa shape index (κ3) is 3.06. The molecular formula is C14H11F3O2. The predicted molar refractivity (Wildman–Crippen MR) is 66.6 cm³/mol. The van der Waals surface area contributed by atoms with Crippen molar-refractivity contribution in [1.82, 2.24) is 0 Å². The molecule has 2 N–H and O–H groups in total. The van der Waals surface area contributed by atoms with Gasteiger partial charge in [-0.3, -0.25) is 0 Å². The van der Waals surface area contributed by atoms with Crippen LogP contribution in [0.25, 0.3) is 16.5 Å². The second-order valence-corrected chi connectivity index (χ2v) is 4.10. The molecule has 0 bridgehead atoms. The topological polar surface area (TPSA) is 40.5 Å². The lowest BCUT2D eigenvalue weighted by Crippen LogP contribution is -2.26. The quantitative estimate of drug-likeness (QED) is 0.816. The third-order valence-corrected chi connectivity index (χ3v) is 2.70. The number of hydrogen-bond acceptors (Lipinski definition) is 2. The zero-order valence-electron chi connectivity index (χ0n) is 9.72. The summed E-state index contributed by atoms with van der Waals surface area (Å²) in [5.74, 6) is -0.601. The van der Waals surface area contributed by atoms with Crippen molar-refractivity contribution < 1.29 is 23.4 Å². The van der Waals surface area contributed by atoms with Crippen LogP contribution in [0.2, 0.25) is 0 Å². The lowest BCUT2D eigenvalue weighted by Gasteiger charge is -2.11. The number of aliphatic hydroxyl groups excluding tert-OH is 2. The highest BCUT2D eigenvalue weighted by Gasteiger charge is 2.37. The summed E-state index contributed by atoms with van der Waals surface area (Å²) in [7, 11) is 0. The molecule has 2 nitrogen and oxygen atoms in total. The Morgan fingerprint density at radius 2 is 1.68 bits per heavy atom. The Morgan fingerprint density at radius 3 is 2.32 bits per heavy atom. The number of fused-ring (bicyclic) bond motifs is 1. The van der Waals surface area contributed by atoms with Crippen LogP contribution < -0.4 is 0 Å². The lowest BCUT2D eigenvalue weighted by molar-refractivity contribution is -0.187. The first kappa shape index (κ1) is 13.4. The largest absolute Gasteiger partial charge is 0.508 e. The fourth-order valence-corrected chi connectivity index (χ4v) is 1.69. The van der Waals surface area contributed by atoms with E-state index in [-0.39, 0.29) is 5.56 Å². The normalized spacial score (nSPS) is 14.6. The van der Waals surface area contributed by atoms with Gasteiger partial charge < -0.3 is 10.2 Å². The second-order valence-electron chi connectivity index (χ2n) is 4.10. The minimum absolute atomic E-state index is 0.224. The van der Waals surface area contributed by atoms with E-state index in [1.165, 1.54) is 6.07 Å². The molecule has 0 amide bonds. The molecule has 0 saturated heterocycles. The van der Waals surface area contributed by atoms with Gasteiger partial charge in [0.2, 0.25) is 0 Å². The molecule has 1 unspecified atom stereocenters. The Balaban J connectivity index is 2.36. The Kier molecular flexibility index (Phi) is 3.48. The van der Waals surface area contributed by atoms with E-state index < -0.39 is 18.0 Å². The van der Waals surface area contributed by atoms with Crippen LogP contribution in [-0.2, 0) is 0 Å². The molecule has 2 aromatic carbocycles. The molecule has 0 radical (unpaired) electrons. The molecule has 1 atom stereocenters. The van der Waals surface area contributed by atoms with E-state index in [9.17, 15) is 18.3 Å². The Labute approximate surface area is 107 Å². The van der Waals surface area contributed by atoms with Gasteiger partial charge in [-0.2, -0.15) is 13.2 Å². The van der Waals surface area contributed by atoms with Crippen LogP contribution in [0, 0.1) is 0 Å². The number of hydrogen-bond donors (Lipinski definition) is 2. The molecule has 2 aromatic rings. The summed E-state index contributed by atoms with van der Waals surface area (Å²) < 4.78 is 36.5. The molecule has 19 heavy (non-hydrogen) atoms. The molecule has 5 heteroatoms. The van der Waals surface area contributed by atoms with Gasteiger partial charge >= 0.3 is 6.18 Å². The summed E-state index contributed by atoms with van der Waals surface area (Å²) in [6, 6.07) is 12.0. The highest BCUT2D eigenvalue weighted by molar-refractivity contribution is 5.85. The zero-order chi connectivity index (χ0) is 14.0. The highest BCUT2D eigenvalue weighted by atomic mass is 19.4. The molecule has 0 fully saturated rings. The third-order valence-electron chi connectivity index (χ3n) is 2.70. The maximum atomic E-state index is 12.2. The molecule has 0 aliphatic heterocycles. The Bertz CT molecular complexity index is 617. The van der Waals surface area contributed by atoms with Crippen molar-refractivity contribution in [3.63, 3.8) is 0 Å². The van der Waals surface area contributed by atoms with Crippen molar-refractivity contribution in [2.75, 3.05) is 0 Å². The first-order valence-electron chi connectivity index (χ1n) is 5.52. The Hall–Kier alpha value is -2.01. The fraction of sp³-hybridized carbons (Fsp3) is 0.143. The standard InChI is InChI=1S/C14H11F3O2/c15-14(16,17)13(19)8-12(18)11-6-5-9-3-1-2-4-10(9)7-11/h1-8,13,18-19H. The van der Waals surface area contributed by atoms with E-state index in [0.29, 0.717) is 6.08 Å². The van der Waals surface area contributed by atoms with Crippen molar-refractivity contribution in [3.8, 4) is 0 Å². The van der Waals surface area contributed by atoms with E-state index in [2.05, 4.69) is 0 Å². The predicted octanol–water partition coefficient (Wildman–Crippen LogP) is 3.66.